The van der Waals surface area contributed by atoms with Crippen molar-refractivity contribution in [2.75, 3.05) is 4.90 Å². The molecule has 0 aliphatic heterocycles. The van der Waals surface area contributed by atoms with Crippen LogP contribution in [0.1, 0.15) is 0 Å². The van der Waals surface area contributed by atoms with E-state index in [1.54, 1.807) is 11.3 Å². The molecule has 0 N–H and O–H groups in total. The fourth-order valence-corrected chi connectivity index (χ4v) is 8.85. The second-order valence-corrected chi connectivity index (χ2v) is 14.7. The van der Waals surface area contributed by atoms with Gasteiger partial charge in [-0.15, -0.1) is 11.3 Å². The Morgan fingerprint density at radius 2 is 1.07 bits per heavy atom. The molecule has 0 atom stereocenters. The van der Waals surface area contributed by atoms with Gasteiger partial charge in [-0.2, -0.15) is 0 Å². The Morgan fingerprint density at radius 3 is 1.83 bits per heavy atom. The van der Waals surface area contributed by atoms with Crippen LogP contribution in [0, 0.1) is 0 Å². The highest BCUT2D eigenvalue weighted by molar-refractivity contribution is 7.21. The van der Waals surface area contributed by atoms with E-state index in [0.29, 0.717) is 0 Å². The molecule has 0 saturated carbocycles. The molecule has 0 amide bonds. The molecule has 5 heteroatoms. The van der Waals surface area contributed by atoms with Gasteiger partial charge >= 0.3 is 0 Å². The van der Waals surface area contributed by atoms with E-state index in [-0.39, 0.29) is 0 Å². The molecule has 0 aliphatic carbocycles. The van der Waals surface area contributed by atoms with Crippen molar-refractivity contribution in [2.45, 2.75) is 0 Å². The quantitative estimate of drug-likeness (QED) is 0.172. The zero-order chi connectivity index (χ0) is 35.6. The summed E-state index contributed by atoms with van der Waals surface area (Å²) in [5.74, 6) is 0. The molecule has 11 rings (SSSR count). The molecule has 0 fully saturated rings. The predicted molar refractivity (Wildman–Crippen MR) is 227 cm³/mol. The second-order valence-electron chi connectivity index (χ2n) is 13.6. The molecule has 254 valence electrons. The fraction of sp³-hybridized carbons (Fsp3) is 0. The van der Waals surface area contributed by atoms with Crippen LogP contribution in [0.4, 0.5) is 17.1 Å². The molecule has 0 aliphatic rings. The molecular formula is C49H31N3OS. The maximum atomic E-state index is 6.22. The summed E-state index contributed by atoms with van der Waals surface area (Å²) >= 11 is 1.75. The minimum absolute atomic E-state index is 0.888. The van der Waals surface area contributed by atoms with Gasteiger partial charge in [0.05, 0.1) is 21.3 Å². The molecule has 0 unspecified atom stereocenters. The smallest absolute Gasteiger partial charge is 0.135 e. The van der Waals surface area contributed by atoms with E-state index in [1.807, 2.05) is 18.2 Å². The lowest BCUT2D eigenvalue weighted by Crippen LogP contribution is -2.09. The minimum Gasteiger partial charge on any atom is -0.456 e. The Hall–Kier alpha value is -6.95. The summed E-state index contributed by atoms with van der Waals surface area (Å²) in [5.41, 5.74) is 13.0. The lowest BCUT2D eigenvalue weighted by molar-refractivity contribution is 0.669. The van der Waals surface area contributed by atoms with Crippen LogP contribution < -0.4 is 4.90 Å². The average Bonchev–Trinajstić information content (AvgIpc) is 3.92. The van der Waals surface area contributed by atoms with Crippen molar-refractivity contribution >= 4 is 82.4 Å². The topological polar surface area (TPSA) is 34.2 Å². The number of benzene rings is 8. The normalized spacial score (nSPS) is 11.7. The van der Waals surface area contributed by atoms with Gasteiger partial charge in [-0.1, -0.05) is 103 Å². The van der Waals surface area contributed by atoms with Gasteiger partial charge in [0.2, 0.25) is 0 Å². The Balaban J connectivity index is 1.08. The number of aromatic nitrogens is 2. The van der Waals surface area contributed by atoms with Crippen molar-refractivity contribution in [3.63, 3.8) is 0 Å². The summed E-state index contributed by atoms with van der Waals surface area (Å²) in [6, 6.07) is 66.7. The number of para-hydroxylation sites is 3. The van der Waals surface area contributed by atoms with Gasteiger partial charge < -0.3 is 13.9 Å². The number of nitrogens with zero attached hydrogens (tertiary/aromatic N) is 3. The largest absolute Gasteiger partial charge is 0.456 e. The summed E-state index contributed by atoms with van der Waals surface area (Å²) in [4.78, 5) is 7.43. The van der Waals surface area contributed by atoms with E-state index in [0.717, 1.165) is 71.8 Å². The van der Waals surface area contributed by atoms with Crippen LogP contribution in [0.5, 0.6) is 0 Å². The van der Waals surface area contributed by atoms with Crippen LogP contribution in [-0.4, -0.2) is 9.55 Å². The average molecular weight is 710 g/mol. The highest BCUT2D eigenvalue weighted by Crippen LogP contribution is 2.41. The molecule has 0 bridgehead atoms. The van der Waals surface area contributed by atoms with Gasteiger partial charge in [-0.3, -0.25) is 0 Å². The first kappa shape index (κ1) is 30.7. The van der Waals surface area contributed by atoms with E-state index in [1.165, 1.54) is 26.6 Å². The molecule has 8 aromatic carbocycles. The molecule has 0 saturated heterocycles. The van der Waals surface area contributed by atoms with Gasteiger partial charge in [0.25, 0.3) is 0 Å². The van der Waals surface area contributed by atoms with Crippen LogP contribution in [0.15, 0.2) is 192 Å². The van der Waals surface area contributed by atoms with Gasteiger partial charge in [0, 0.05) is 49.9 Å². The molecule has 54 heavy (non-hydrogen) atoms. The first-order chi connectivity index (χ1) is 26.7. The number of fused-ring (bicyclic) bond motifs is 7. The monoisotopic (exact) mass is 709 g/mol. The predicted octanol–water partition coefficient (Wildman–Crippen LogP) is 14.1. The van der Waals surface area contributed by atoms with Crippen LogP contribution in [0.2, 0.25) is 0 Å². The van der Waals surface area contributed by atoms with Crippen molar-refractivity contribution in [2.24, 2.45) is 0 Å². The number of thiazole rings is 1. The Kier molecular flexibility index (Phi) is 7.00. The van der Waals surface area contributed by atoms with Crippen LogP contribution in [0.3, 0.4) is 0 Å². The Bertz CT molecular complexity index is 3100. The molecule has 0 radical (unpaired) electrons. The molecular weight excluding hydrogens is 679 g/mol. The Labute approximate surface area is 315 Å². The maximum absolute atomic E-state index is 6.22. The highest BCUT2D eigenvalue weighted by Gasteiger charge is 2.19. The van der Waals surface area contributed by atoms with Crippen molar-refractivity contribution in [1.29, 1.82) is 0 Å². The summed E-state index contributed by atoms with van der Waals surface area (Å²) < 4.78 is 9.78. The van der Waals surface area contributed by atoms with Gasteiger partial charge in [0.15, 0.2) is 0 Å². The van der Waals surface area contributed by atoms with Crippen molar-refractivity contribution in [1.82, 2.24) is 9.55 Å². The summed E-state index contributed by atoms with van der Waals surface area (Å²) in [7, 11) is 0. The number of anilines is 3. The number of rotatable bonds is 6. The van der Waals surface area contributed by atoms with E-state index >= 15 is 0 Å². The first-order valence-electron chi connectivity index (χ1n) is 18.1. The van der Waals surface area contributed by atoms with Crippen molar-refractivity contribution in [3.05, 3.63) is 188 Å². The lowest BCUT2D eigenvalue weighted by Gasteiger charge is -2.25. The van der Waals surface area contributed by atoms with E-state index in [2.05, 4.69) is 179 Å². The zero-order valence-electron chi connectivity index (χ0n) is 29.1. The number of furan rings is 1. The first-order valence-corrected chi connectivity index (χ1v) is 18.9. The molecule has 11 aromatic rings. The molecule has 4 nitrogen and oxygen atoms in total. The standard InChI is InChI=1S/C49H31N3OS/c1-4-12-33(13-5-1)49-50-43-31-45-41(30-48(43)54-49)40-28-34(22-26-44(40)52(45)38-25-27-47-42(29-38)39-18-10-11-19-46(39)53-47)32-20-23-37(24-21-32)51(35-14-6-2-7-15-35)36-16-8-3-9-17-36/h1-31H. The Morgan fingerprint density at radius 1 is 0.444 bits per heavy atom. The molecule has 0 spiro atoms. The third kappa shape index (κ3) is 5.01. The van der Waals surface area contributed by atoms with Crippen molar-refractivity contribution in [3.8, 4) is 27.4 Å². The van der Waals surface area contributed by atoms with Gasteiger partial charge in [0.1, 0.15) is 16.2 Å². The summed E-state index contributed by atoms with van der Waals surface area (Å²) in [6.45, 7) is 0. The number of hydrogen-bond acceptors (Lipinski definition) is 4. The van der Waals surface area contributed by atoms with E-state index < -0.39 is 0 Å². The molecule has 3 heterocycles. The highest BCUT2D eigenvalue weighted by atomic mass is 32.1. The minimum atomic E-state index is 0.888. The van der Waals surface area contributed by atoms with Gasteiger partial charge in [-0.25, -0.2) is 4.98 Å². The third-order valence-electron chi connectivity index (χ3n) is 10.4. The van der Waals surface area contributed by atoms with Gasteiger partial charge in [-0.05, 0) is 96.1 Å². The van der Waals surface area contributed by atoms with Crippen LogP contribution in [0.25, 0.3) is 81.3 Å². The SMILES string of the molecule is c1ccc(-c2nc3cc4c(cc3s2)c2cc(-c3ccc(N(c5ccccc5)c5ccccc5)cc3)ccc2n4-c2ccc3oc4ccccc4c3c2)cc1. The van der Waals surface area contributed by atoms with Crippen LogP contribution >= 0.6 is 11.3 Å². The van der Waals surface area contributed by atoms with E-state index in [4.69, 9.17) is 9.40 Å². The second kappa shape index (κ2) is 12.3. The fourth-order valence-electron chi connectivity index (χ4n) is 7.86. The third-order valence-corrected chi connectivity index (χ3v) is 11.5. The van der Waals surface area contributed by atoms with E-state index in [9.17, 15) is 0 Å². The maximum Gasteiger partial charge on any atom is 0.135 e. The lowest BCUT2D eigenvalue weighted by atomic mass is 10.0. The number of hydrogen-bond donors (Lipinski definition) is 0. The van der Waals surface area contributed by atoms with Crippen LogP contribution in [-0.2, 0) is 0 Å². The zero-order valence-corrected chi connectivity index (χ0v) is 29.9. The van der Waals surface area contributed by atoms with Crippen molar-refractivity contribution < 1.29 is 4.42 Å². The summed E-state index contributed by atoms with van der Waals surface area (Å²) in [6.07, 6.45) is 0. The molecule has 3 aromatic heterocycles. The summed E-state index contributed by atoms with van der Waals surface area (Å²) in [5, 5.41) is 5.66.